The van der Waals surface area contributed by atoms with Crippen LogP contribution in [-0.2, 0) is 27.9 Å². The van der Waals surface area contributed by atoms with Gasteiger partial charge in [0, 0.05) is 13.0 Å². The second kappa shape index (κ2) is 40.2. The van der Waals surface area contributed by atoms with Crippen molar-refractivity contribution in [2.75, 3.05) is 54.1 Å². The van der Waals surface area contributed by atoms with E-state index < -0.39 is 13.9 Å². The number of likely N-dealkylation sites (N-methyl/N-ethyl adjacent to an activating group) is 1. The molecule has 0 aliphatic heterocycles. The summed E-state index contributed by atoms with van der Waals surface area (Å²) in [5.74, 6) is -0.322. The van der Waals surface area contributed by atoms with Crippen LogP contribution < -0.4 is 0 Å². The zero-order valence-corrected chi connectivity index (χ0v) is 38.0. The van der Waals surface area contributed by atoms with Crippen LogP contribution in [0.2, 0.25) is 0 Å². The number of carbonyl (C=O) groups excluding carboxylic acids is 1. The number of phosphoric ester groups is 1. The molecule has 2 atom stereocenters. The van der Waals surface area contributed by atoms with Crippen molar-refractivity contribution in [1.82, 2.24) is 0 Å². The molecule has 9 heteroatoms. The van der Waals surface area contributed by atoms with Crippen molar-refractivity contribution >= 4 is 13.8 Å². The van der Waals surface area contributed by atoms with Gasteiger partial charge in [-0.05, 0) is 51.4 Å². The van der Waals surface area contributed by atoms with Gasteiger partial charge in [0.1, 0.15) is 19.3 Å². The number of esters is 1. The lowest BCUT2D eigenvalue weighted by Gasteiger charge is -2.24. The molecule has 56 heavy (non-hydrogen) atoms. The Labute approximate surface area is 346 Å². The summed E-state index contributed by atoms with van der Waals surface area (Å²) in [4.78, 5) is 22.9. The number of unbranched alkanes of at least 4 members (excludes halogenated alkanes) is 20. The number of phosphoric acid groups is 1. The smallest absolute Gasteiger partial charge is 0.457 e. The molecule has 0 radical (unpaired) electrons. The first-order valence-electron chi connectivity index (χ1n) is 22.9. The Balaban J connectivity index is 4.20. The Morgan fingerprint density at radius 2 is 1.04 bits per heavy atom. The van der Waals surface area contributed by atoms with Gasteiger partial charge in [-0.15, -0.1) is 0 Å². The first-order valence-corrected chi connectivity index (χ1v) is 24.4. The van der Waals surface area contributed by atoms with Crippen LogP contribution in [0.3, 0.4) is 0 Å². The van der Waals surface area contributed by atoms with Crippen molar-refractivity contribution < 1.29 is 37.3 Å². The minimum atomic E-state index is -4.28. The monoisotopic (exact) mass is 811 g/mol. The van der Waals surface area contributed by atoms with Gasteiger partial charge < -0.3 is 18.9 Å². The first-order chi connectivity index (χ1) is 27.1. The summed E-state index contributed by atoms with van der Waals surface area (Å²) in [7, 11) is 1.66. The maximum atomic E-state index is 12.7. The molecule has 0 rings (SSSR count). The summed E-state index contributed by atoms with van der Waals surface area (Å²) in [5, 5.41) is 0. The normalized spacial score (nSPS) is 14.2. The number of allylic oxidation sites excluding steroid dienone is 8. The summed E-state index contributed by atoms with van der Waals surface area (Å²) >= 11 is 0. The lowest BCUT2D eigenvalue weighted by atomic mass is 10.0. The molecule has 1 N–H and O–H groups in total. The molecule has 0 aromatic heterocycles. The molecule has 0 aromatic carbocycles. The Kier molecular flexibility index (Phi) is 39.1. The van der Waals surface area contributed by atoms with E-state index in [1.165, 1.54) is 103 Å². The molecule has 0 aromatic rings. The van der Waals surface area contributed by atoms with E-state index in [2.05, 4.69) is 62.5 Å². The lowest BCUT2D eigenvalue weighted by Crippen LogP contribution is -2.37. The van der Waals surface area contributed by atoms with E-state index in [1.54, 1.807) is 0 Å². The highest BCUT2D eigenvalue weighted by Gasteiger charge is 2.26. The van der Waals surface area contributed by atoms with E-state index >= 15 is 0 Å². The summed E-state index contributed by atoms with van der Waals surface area (Å²) in [5.41, 5.74) is 0. The van der Waals surface area contributed by atoms with Gasteiger partial charge in [-0.2, -0.15) is 0 Å². The summed E-state index contributed by atoms with van der Waals surface area (Å²) in [6.07, 6.45) is 48.5. The molecule has 2 unspecified atom stereocenters. The number of rotatable bonds is 42. The van der Waals surface area contributed by atoms with Crippen molar-refractivity contribution in [2.24, 2.45) is 0 Å². The fraction of sp³-hybridized carbons (Fsp3) is 0.809. The lowest BCUT2D eigenvalue weighted by molar-refractivity contribution is -0.870. The molecule has 0 saturated heterocycles. The van der Waals surface area contributed by atoms with Gasteiger partial charge in [0.15, 0.2) is 0 Å². The quantitative estimate of drug-likeness (QED) is 0.0216. The number of carbonyl (C=O) groups is 1. The number of hydrogen-bond donors (Lipinski definition) is 1. The van der Waals surface area contributed by atoms with Gasteiger partial charge in [0.25, 0.3) is 0 Å². The average Bonchev–Trinajstić information content (AvgIpc) is 3.15. The van der Waals surface area contributed by atoms with E-state index in [9.17, 15) is 14.3 Å². The Hall–Kier alpha value is -1.54. The molecule has 0 amide bonds. The van der Waals surface area contributed by atoms with E-state index in [0.29, 0.717) is 24.1 Å². The summed E-state index contributed by atoms with van der Waals surface area (Å²) in [6, 6.07) is 0. The molecule has 8 nitrogen and oxygen atoms in total. The van der Waals surface area contributed by atoms with Gasteiger partial charge in [-0.25, -0.2) is 4.57 Å². The third-order valence-electron chi connectivity index (χ3n) is 9.65. The average molecular weight is 811 g/mol. The van der Waals surface area contributed by atoms with Crippen LogP contribution in [0, 0.1) is 0 Å². The van der Waals surface area contributed by atoms with Crippen LogP contribution in [0.15, 0.2) is 48.6 Å². The SMILES string of the molecule is CC/C=C\C/C=C\C/C=C\C/C=C\CCCCCCCCCCC(=O)OC(COCCCCCCCCCCCCCCC)COP(=O)(O)OCC[N+](C)(C)C. The number of ether oxygens (including phenoxy) is 2. The van der Waals surface area contributed by atoms with Crippen LogP contribution in [0.1, 0.15) is 187 Å². The minimum absolute atomic E-state index is 0.0866. The molecular weight excluding hydrogens is 721 g/mol. The predicted octanol–water partition coefficient (Wildman–Crippen LogP) is 13.6. The van der Waals surface area contributed by atoms with Gasteiger partial charge in [0.05, 0.1) is 34.4 Å². The third-order valence-corrected chi connectivity index (χ3v) is 10.6. The zero-order chi connectivity index (χ0) is 41.3. The van der Waals surface area contributed by atoms with Crippen molar-refractivity contribution in [2.45, 2.75) is 193 Å². The van der Waals surface area contributed by atoms with Crippen LogP contribution >= 0.6 is 7.82 Å². The van der Waals surface area contributed by atoms with Crippen molar-refractivity contribution in [3.63, 3.8) is 0 Å². The molecule has 0 aliphatic rings. The summed E-state index contributed by atoms with van der Waals surface area (Å²) < 4.78 is 35.0. The zero-order valence-electron chi connectivity index (χ0n) is 37.1. The maximum Gasteiger partial charge on any atom is 0.472 e. The fourth-order valence-corrected chi connectivity index (χ4v) is 6.87. The molecule has 0 aliphatic carbocycles. The fourth-order valence-electron chi connectivity index (χ4n) is 6.13. The largest absolute Gasteiger partial charge is 0.472 e. The molecule has 0 spiro atoms. The highest BCUT2D eigenvalue weighted by Crippen LogP contribution is 2.43. The standard InChI is InChI=1S/C47H88NO7P/c1-6-8-10-12-14-16-18-20-21-22-23-24-25-26-27-28-30-32-34-36-38-40-47(49)55-46(45-54-56(50,51)53-43-41-48(3,4)5)44-52-42-39-37-35-33-31-29-19-17-15-13-11-9-7-2/h8,10,14,16,20-21,23-24,46H,6-7,9,11-13,15,17-19,22,25-45H2,1-5H3/p+1/b10-8-,16-14-,21-20-,24-23-. The number of quaternary nitrogens is 1. The van der Waals surface area contributed by atoms with Crippen molar-refractivity contribution in [3.8, 4) is 0 Å². The van der Waals surface area contributed by atoms with Crippen LogP contribution in [0.5, 0.6) is 0 Å². The highest BCUT2D eigenvalue weighted by atomic mass is 31.2. The predicted molar refractivity (Wildman–Crippen MR) is 238 cm³/mol. The molecular formula is C47H89NO7P+. The molecule has 0 bridgehead atoms. The number of nitrogens with zero attached hydrogens (tertiary/aromatic N) is 1. The third kappa shape index (κ3) is 43.6. The van der Waals surface area contributed by atoms with Crippen molar-refractivity contribution in [1.29, 1.82) is 0 Å². The van der Waals surface area contributed by atoms with Gasteiger partial charge in [-0.3, -0.25) is 13.8 Å². The minimum Gasteiger partial charge on any atom is -0.457 e. The van der Waals surface area contributed by atoms with E-state index in [1.807, 2.05) is 21.1 Å². The van der Waals surface area contributed by atoms with Crippen LogP contribution in [0.25, 0.3) is 0 Å². The highest BCUT2D eigenvalue weighted by molar-refractivity contribution is 7.47. The van der Waals surface area contributed by atoms with E-state index in [0.717, 1.165) is 64.2 Å². The molecule has 328 valence electrons. The van der Waals surface area contributed by atoms with Crippen molar-refractivity contribution in [3.05, 3.63) is 48.6 Å². The van der Waals surface area contributed by atoms with Crippen LogP contribution in [0.4, 0.5) is 0 Å². The van der Waals surface area contributed by atoms with Gasteiger partial charge >= 0.3 is 13.8 Å². The Morgan fingerprint density at radius 1 is 0.571 bits per heavy atom. The Bertz CT molecular complexity index is 1040. The summed E-state index contributed by atoms with van der Waals surface area (Å²) in [6.45, 7) is 5.51. The maximum absolute atomic E-state index is 12.7. The van der Waals surface area contributed by atoms with Crippen LogP contribution in [-0.4, -0.2) is 75.6 Å². The second-order valence-electron chi connectivity index (χ2n) is 16.4. The van der Waals surface area contributed by atoms with Gasteiger partial charge in [-0.1, -0.05) is 178 Å². The van der Waals surface area contributed by atoms with Gasteiger partial charge in [0.2, 0.25) is 0 Å². The molecule has 0 heterocycles. The number of hydrogen-bond acceptors (Lipinski definition) is 6. The first kappa shape index (κ1) is 54.5. The van der Waals surface area contributed by atoms with E-state index in [-0.39, 0.29) is 25.8 Å². The molecule has 0 fully saturated rings. The second-order valence-corrected chi connectivity index (χ2v) is 17.9. The topological polar surface area (TPSA) is 91.3 Å². The molecule has 0 saturated carbocycles. The Morgan fingerprint density at radius 3 is 1.55 bits per heavy atom. The van der Waals surface area contributed by atoms with E-state index in [4.69, 9.17) is 18.5 Å².